The molecule has 25 heavy (non-hydrogen) atoms. The smallest absolute Gasteiger partial charge is 0.246 e. The van der Waals surface area contributed by atoms with Crippen LogP contribution >= 0.6 is 0 Å². The minimum absolute atomic E-state index is 0.00709. The highest BCUT2D eigenvalue weighted by Crippen LogP contribution is 2.10. The summed E-state index contributed by atoms with van der Waals surface area (Å²) in [5.74, 6) is 0.238. The summed E-state index contributed by atoms with van der Waals surface area (Å²) in [5, 5.41) is 0. The number of rotatable bonds is 4. The van der Waals surface area contributed by atoms with Crippen LogP contribution in [0.15, 0.2) is 30.5 Å². The zero-order valence-corrected chi connectivity index (χ0v) is 14.6. The third kappa shape index (κ3) is 5.13. The summed E-state index contributed by atoms with van der Waals surface area (Å²) >= 11 is 0. The summed E-state index contributed by atoms with van der Waals surface area (Å²) in [6.45, 7) is 5.11. The Balaban J connectivity index is 1.42. The van der Waals surface area contributed by atoms with Crippen molar-refractivity contribution >= 4 is 17.9 Å². The molecule has 6 nitrogen and oxygen atoms in total. The van der Waals surface area contributed by atoms with Crippen molar-refractivity contribution in [2.45, 2.75) is 19.3 Å². The average molecular weight is 342 g/mol. The number of aromatic nitrogens is 1. The van der Waals surface area contributed by atoms with Gasteiger partial charge in [-0.1, -0.05) is 6.07 Å². The maximum Gasteiger partial charge on any atom is 0.246 e. The molecule has 2 aliphatic heterocycles. The SMILES string of the molecule is O=C(/C=C/c1ccccn1)N1CCN(CC(=O)N2CCCCC2)CC1. The predicted octanol–water partition coefficient (Wildman–Crippen LogP) is 1.25. The van der Waals surface area contributed by atoms with Crippen LogP contribution in [0.2, 0.25) is 0 Å². The third-order valence-corrected chi connectivity index (χ3v) is 4.84. The predicted molar refractivity (Wildman–Crippen MR) is 96.7 cm³/mol. The largest absolute Gasteiger partial charge is 0.342 e. The summed E-state index contributed by atoms with van der Waals surface area (Å²) in [7, 11) is 0. The summed E-state index contributed by atoms with van der Waals surface area (Å²) in [6.07, 6.45) is 8.51. The normalized spacial score (nSPS) is 19.4. The highest BCUT2D eigenvalue weighted by atomic mass is 16.2. The highest BCUT2D eigenvalue weighted by Gasteiger charge is 2.23. The van der Waals surface area contributed by atoms with Gasteiger partial charge in [0.2, 0.25) is 11.8 Å². The van der Waals surface area contributed by atoms with Crippen LogP contribution in [0.1, 0.15) is 25.0 Å². The van der Waals surface area contributed by atoms with Gasteiger partial charge >= 0.3 is 0 Å². The van der Waals surface area contributed by atoms with E-state index in [2.05, 4.69) is 9.88 Å². The first-order valence-corrected chi connectivity index (χ1v) is 9.10. The van der Waals surface area contributed by atoms with Crippen LogP contribution in [-0.2, 0) is 9.59 Å². The lowest BCUT2D eigenvalue weighted by Gasteiger charge is -2.35. The number of pyridine rings is 1. The maximum absolute atomic E-state index is 12.3. The van der Waals surface area contributed by atoms with E-state index in [0.717, 1.165) is 44.7 Å². The Morgan fingerprint density at radius 2 is 1.72 bits per heavy atom. The fraction of sp³-hybridized carbons (Fsp3) is 0.526. The van der Waals surface area contributed by atoms with Crippen LogP contribution in [0.25, 0.3) is 6.08 Å². The first-order chi connectivity index (χ1) is 12.2. The number of carbonyl (C=O) groups is 2. The molecule has 6 heteroatoms. The highest BCUT2D eigenvalue weighted by molar-refractivity contribution is 5.91. The average Bonchev–Trinajstić information content (AvgIpc) is 2.68. The first kappa shape index (κ1) is 17.6. The number of carbonyl (C=O) groups excluding carboxylic acids is 2. The number of hydrogen-bond acceptors (Lipinski definition) is 4. The molecule has 3 rings (SSSR count). The van der Waals surface area contributed by atoms with Gasteiger partial charge < -0.3 is 9.80 Å². The molecule has 1 aromatic heterocycles. The lowest BCUT2D eigenvalue weighted by molar-refractivity contribution is -0.134. The van der Waals surface area contributed by atoms with Gasteiger partial charge in [-0.2, -0.15) is 0 Å². The fourth-order valence-corrected chi connectivity index (χ4v) is 3.30. The van der Waals surface area contributed by atoms with Crippen molar-refractivity contribution in [1.82, 2.24) is 19.7 Å². The topological polar surface area (TPSA) is 56.8 Å². The molecule has 0 spiro atoms. The minimum Gasteiger partial charge on any atom is -0.342 e. The van der Waals surface area contributed by atoms with E-state index in [0.29, 0.717) is 19.6 Å². The Hall–Kier alpha value is -2.21. The number of nitrogens with zero attached hydrogens (tertiary/aromatic N) is 4. The Morgan fingerprint density at radius 1 is 0.960 bits per heavy atom. The molecule has 0 bridgehead atoms. The number of piperidine rings is 1. The number of likely N-dealkylation sites (tertiary alicyclic amines) is 1. The molecule has 0 aromatic carbocycles. The van der Waals surface area contributed by atoms with Gasteiger partial charge in [-0.15, -0.1) is 0 Å². The molecule has 1 aromatic rings. The van der Waals surface area contributed by atoms with Crippen molar-refractivity contribution in [1.29, 1.82) is 0 Å². The van der Waals surface area contributed by atoms with Crippen LogP contribution in [0.4, 0.5) is 0 Å². The lowest BCUT2D eigenvalue weighted by atomic mass is 10.1. The fourth-order valence-electron chi connectivity index (χ4n) is 3.30. The van der Waals surface area contributed by atoms with E-state index in [4.69, 9.17) is 0 Å². The van der Waals surface area contributed by atoms with E-state index >= 15 is 0 Å². The monoisotopic (exact) mass is 342 g/mol. The van der Waals surface area contributed by atoms with Gasteiger partial charge in [-0.25, -0.2) is 0 Å². The van der Waals surface area contributed by atoms with Gasteiger partial charge in [0.25, 0.3) is 0 Å². The molecule has 3 heterocycles. The summed E-state index contributed by atoms with van der Waals surface area (Å²) in [6, 6.07) is 5.62. The minimum atomic E-state index is 0.00709. The van der Waals surface area contributed by atoms with Crippen molar-refractivity contribution in [2.24, 2.45) is 0 Å². The Bertz CT molecular complexity index is 603. The maximum atomic E-state index is 12.3. The Kier molecular flexibility index (Phi) is 6.17. The van der Waals surface area contributed by atoms with Gasteiger partial charge in [0.05, 0.1) is 12.2 Å². The van der Waals surface area contributed by atoms with Crippen LogP contribution < -0.4 is 0 Å². The summed E-state index contributed by atoms with van der Waals surface area (Å²) < 4.78 is 0. The standard InChI is InChI=1S/C19H26N4O2/c24-18(8-7-17-6-2-3-9-20-17)23-14-12-21(13-15-23)16-19(25)22-10-4-1-5-11-22/h2-3,6-9H,1,4-5,10-16H2/b8-7+. The quantitative estimate of drug-likeness (QED) is 0.773. The van der Waals surface area contributed by atoms with E-state index in [1.54, 1.807) is 18.3 Å². The van der Waals surface area contributed by atoms with Crippen molar-refractivity contribution < 1.29 is 9.59 Å². The molecule has 0 aliphatic carbocycles. The molecule has 0 unspecified atom stereocenters. The molecule has 2 amide bonds. The van der Waals surface area contributed by atoms with Gasteiger partial charge in [-0.05, 0) is 37.5 Å². The first-order valence-electron chi connectivity index (χ1n) is 9.10. The summed E-state index contributed by atoms with van der Waals surface area (Å²) in [5.41, 5.74) is 0.779. The van der Waals surface area contributed by atoms with Gasteiger partial charge in [0, 0.05) is 51.5 Å². The van der Waals surface area contributed by atoms with Crippen LogP contribution in [0.3, 0.4) is 0 Å². The van der Waals surface area contributed by atoms with Gasteiger partial charge in [0.1, 0.15) is 0 Å². The van der Waals surface area contributed by atoms with E-state index in [9.17, 15) is 9.59 Å². The molecule has 2 aliphatic rings. The molecule has 0 saturated carbocycles. The zero-order valence-electron chi connectivity index (χ0n) is 14.6. The molecule has 2 saturated heterocycles. The van der Waals surface area contributed by atoms with E-state index < -0.39 is 0 Å². The number of hydrogen-bond donors (Lipinski definition) is 0. The molecule has 0 N–H and O–H groups in total. The van der Waals surface area contributed by atoms with Crippen molar-refractivity contribution in [3.63, 3.8) is 0 Å². The second kappa shape index (κ2) is 8.76. The summed E-state index contributed by atoms with van der Waals surface area (Å²) in [4.78, 5) is 34.7. The number of piperazine rings is 1. The van der Waals surface area contributed by atoms with Crippen LogP contribution in [-0.4, -0.2) is 77.3 Å². The van der Waals surface area contributed by atoms with Gasteiger partial charge in [0.15, 0.2) is 0 Å². The zero-order chi connectivity index (χ0) is 17.5. The Labute approximate surface area is 149 Å². The van der Waals surface area contributed by atoms with Crippen molar-refractivity contribution in [2.75, 3.05) is 45.8 Å². The third-order valence-electron chi connectivity index (χ3n) is 4.84. The molecular formula is C19H26N4O2. The van der Waals surface area contributed by atoms with Crippen LogP contribution in [0.5, 0.6) is 0 Å². The van der Waals surface area contributed by atoms with E-state index in [1.807, 2.05) is 28.0 Å². The molecule has 2 fully saturated rings. The molecule has 0 atom stereocenters. The molecule has 134 valence electrons. The molecular weight excluding hydrogens is 316 g/mol. The Morgan fingerprint density at radius 3 is 2.40 bits per heavy atom. The second-order valence-corrected chi connectivity index (χ2v) is 6.63. The van der Waals surface area contributed by atoms with Crippen molar-refractivity contribution in [3.05, 3.63) is 36.2 Å². The van der Waals surface area contributed by atoms with Gasteiger partial charge in [-0.3, -0.25) is 19.5 Å². The number of amides is 2. The lowest BCUT2D eigenvalue weighted by Crippen LogP contribution is -2.51. The van der Waals surface area contributed by atoms with E-state index in [1.165, 1.54) is 6.42 Å². The van der Waals surface area contributed by atoms with E-state index in [-0.39, 0.29) is 11.8 Å². The van der Waals surface area contributed by atoms with Crippen LogP contribution in [0, 0.1) is 0 Å². The van der Waals surface area contributed by atoms with Crippen molar-refractivity contribution in [3.8, 4) is 0 Å². The second-order valence-electron chi connectivity index (χ2n) is 6.63. The molecule has 0 radical (unpaired) electrons.